The van der Waals surface area contributed by atoms with Crippen molar-refractivity contribution in [2.24, 2.45) is 0 Å². The lowest BCUT2D eigenvalue weighted by molar-refractivity contribution is -0.387. The standard InChI is InChI=1S/C14H13N5O4S/c1-10(14-16-15-13-8-4-5-9-18(13)14)17-24(22,23)12-7-3-2-6-11(12)19(20)21/h2-10,17H,1H3. The molecular weight excluding hydrogens is 334 g/mol. The van der Waals surface area contributed by atoms with Gasteiger partial charge in [0.05, 0.1) is 11.0 Å². The van der Waals surface area contributed by atoms with Crippen LogP contribution < -0.4 is 4.72 Å². The van der Waals surface area contributed by atoms with E-state index in [1.54, 1.807) is 35.7 Å². The summed E-state index contributed by atoms with van der Waals surface area (Å²) >= 11 is 0. The normalized spacial score (nSPS) is 13.0. The van der Waals surface area contributed by atoms with Gasteiger partial charge in [0.15, 0.2) is 16.4 Å². The number of nitrogens with zero attached hydrogens (tertiary/aromatic N) is 4. The first-order chi connectivity index (χ1) is 11.4. The van der Waals surface area contributed by atoms with Crippen LogP contribution in [0.1, 0.15) is 18.8 Å². The summed E-state index contributed by atoms with van der Waals surface area (Å²) in [4.78, 5) is 9.92. The molecule has 1 atom stereocenters. The number of pyridine rings is 1. The molecule has 3 rings (SSSR count). The number of para-hydroxylation sites is 1. The van der Waals surface area contributed by atoms with E-state index in [0.717, 1.165) is 6.07 Å². The van der Waals surface area contributed by atoms with Gasteiger partial charge in [-0.15, -0.1) is 10.2 Å². The second-order valence-corrected chi connectivity index (χ2v) is 6.74. The molecule has 0 spiro atoms. The highest BCUT2D eigenvalue weighted by atomic mass is 32.2. The van der Waals surface area contributed by atoms with Gasteiger partial charge < -0.3 is 0 Å². The number of aromatic nitrogens is 3. The van der Waals surface area contributed by atoms with Crippen LogP contribution in [0.5, 0.6) is 0 Å². The highest BCUT2D eigenvalue weighted by molar-refractivity contribution is 7.89. The third kappa shape index (κ3) is 2.84. The van der Waals surface area contributed by atoms with E-state index in [1.165, 1.54) is 18.2 Å². The Hall–Kier alpha value is -2.85. The van der Waals surface area contributed by atoms with Crippen LogP contribution in [-0.2, 0) is 10.0 Å². The Labute approximate surface area is 137 Å². The predicted molar refractivity (Wildman–Crippen MR) is 84.8 cm³/mol. The van der Waals surface area contributed by atoms with Crippen LogP contribution in [0.2, 0.25) is 0 Å². The van der Waals surface area contributed by atoms with Crippen molar-refractivity contribution < 1.29 is 13.3 Å². The smallest absolute Gasteiger partial charge is 0.285 e. The molecule has 0 aliphatic rings. The highest BCUT2D eigenvalue weighted by Crippen LogP contribution is 2.24. The van der Waals surface area contributed by atoms with Gasteiger partial charge in [-0.05, 0) is 25.1 Å². The van der Waals surface area contributed by atoms with Gasteiger partial charge in [-0.3, -0.25) is 14.5 Å². The van der Waals surface area contributed by atoms with Gasteiger partial charge in [0.2, 0.25) is 10.0 Å². The number of sulfonamides is 1. The summed E-state index contributed by atoms with van der Waals surface area (Å²) in [6.07, 6.45) is 1.71. The molecule has 9 nitrogen and oxygen atoms in total. The minimum atomic E-state index is -4.10. The van der Waals surface area contributed by atoms with Crippen LogP contribution in [0.15, 0.2) is 53.6 Å². The Morgan fingerprint density at radius 2 is 1.88 bits per heavy atom. The molecule has 3 aromatic rings. The zero-order valence-electron chi connectivity index (χ0n) is 12.5. The molecule has 0 bridgehead atoms. The fourth-order valence-electron chi connectivity index (χ4n) is 2.34. The quantitative estimate of drug-likeness (QED) is 0.554. The third-order valence-corrected chi connectivity index (χ3v) is 5.00. The molecule has 0 saturated carbocycles. The Morgan fingerprint density at radius 3 is 2.62 bits per heavy atom. The summed E-state index contributed by atoms with van der Waals surface area (Å²) in [5.74, 6) is 0.382. The maximum atomic E-state index is 12.5. The minimum absolute atomic E-state index is 0.382. The molecule has 1 N–H and O–H groups in total. The van der Waals surface area contributed by atoms with Crippen LogP contribution in [0.3, 0.4) is 0 Å². The van der Waals surface area contributed by atoms with Crippen LogP contribution in [0.4, 0.5) is 5.69 Å². The van der Waals surface area contributed by atoms with E-state index in [4.69, 9.17) is 0 Å². The molecular formula is C14H13N5O4S. The third-order valence-electron chi connectivity index (χ3n) is 3.41. The zero-order valence-corrected chi connectivity index (χ0v) is 13.3. The van der Waals surface area contributed by atoms with E-state index in [1.807, 2.05) is 0 Å². The maximum absolute atomic E-state index is 12.5. The van der Waals surface area contributed by atoms with Crippen LogP contribution in [-0.4, -0.2) is 27.9 Å². The number of rotatable bonds is 5. The Morgan fingerprint density at radius 1 is 1.17 bits per heavy atom. The SMILES string of the molecule is CC(NS(=O)(=O)c1ccccc1[N+](=O)[O-])c1nnc2ccccn12. The van der Waals surface area contributed by atoms with E-state index < -0.39 is 31.6 Å². The number of hydrogen-bond donors (Lipinski definition) is 1. The average Bonchev–Trinajstić information content (AvgIpc) is 2.98. The first-order valence-electron chi connectivity index (χ1n) is 6.95. The average molecular weight is 347 g/mol. The number of benzene rings is 1. The summed E-state index contributed by atoms with van der Waals surface area (Å²) < 4.78 is 29.1. The molecule has 0 fully saturated rings. The van der Waals surface area contributed by atoms with Gasteiger partial charge in [0.1, 0.15) is 0 Å². The largest absolute Gasteiger partial charge is 0.289 e. The number of fused-ring (bicyclic) bond motifs is 1. The minimum Gasteiger partial charge on any atom is -0.285 e. The molecule has 0 aliphatic heterocycles. The maximum Gasteiger partial charge on any atom is 0.289 e. The summed E-state index contributed by atoms with van der Waals surface area (Å²) in [6, 6.07) is 9.73. The van der Waals surface area contributed by atoms with E-state index in [2.05, 4.69) is 14.9 Å². The lowest BCUT2D eigenvalue weighted by Crippen LogP contribution is -2.28. The second kappa shape index (κ2) is 5.98. The lowest BCUT2D eigenvalue weighted by atomic mass is 10.3. The lowest BCUT2D eigenvalue weighted by Gasteiger charge is -2.13. The molecule has 10 heteroatoms. The Bertz CT molecular complexity index is 1010. The fraction of sp³-hybridized carbons (Fsp3) is 0.143. The topological polar surface area (TPSA) is 120 Å². The van der Waals surface area contributed by atoms with Gasteiger partial charge in [-0.2, -0.15) is 0 Å². The van der Waals surface area contributed by atoms with Crippen LogP contribution in [0, 0.1) is 10.1 Å². The number of nitrogens with one attached hydrogen (secondary N) is 1. The van der Waals surface area contributed by atoms with Crippen LogP contribution in [0.25, 0.3) is 5.65 Å². The van der Waals surface area contributed by atoms with Crippen molar-refractivity contribution in [3.8, 4) is 0 Å². The second-order valence-electron chi connectivity index (χ2n) is 5.05. The van der Waals surface area contributed by atoms with E-state index >= 15 is 0 Å². The monoisotopic (exact) mass is 347 g/mol. The van der Waals surface area contributed by atoms with Crippen molar-refractivity contribution in [1.82, 2.24) is 19.3 Å². The molecule has 0 radical (unpaired) electrons. The number of nitro groups is 1. The molecule has 0 saturated heterocycles. The van der Waals surface area contributed by atoms with Gasteiger partial charge >= 0.3 is 0 Å². The van der Waals surface area contributed by atoms with Crippen molar-refractivity contribution in [2.45, 2.75) is 17.9 Å². The summed E-state index contributed by atoms with van der Waals surface area (Å²) in [5.41, 5.74) is 0.0903. The molecule has 0 aliphatic carbocycles. The van der Waals surface area contributed by atoms with Crippen molar-refractivity contribution >= 4 is 21.4 Å². The van der Waals surface area contributed by atoms with E-state index in [-0.39, 0.29) is 0 Å². The van der Waals surface area contributed by atoms with E-state index in [9.17, 15) is 18.5 Å². The van der Waals surface area contributed by atoms with Crippen molar-refractivity contribution in [3.63, 3.8) is 0 Å². The number of nitro benzene ring substituents is 1. The predicted octanol–water partition coefficient (Wildman–Crippen LogP) is 1.68. The van der Waals surface area contributed by atoms with Gasteiger partial charge in [0.25, 0.3) is 5.69 Å². The van der Waals surface area contributed by atoms with Crippen LogP contribution >= 0.6 is 0 Å². The molecule has 2 aromatic heterocycles. The highest BCUT2D eigenvalue weighted by Gasteiger charge is 2.28. The molecule has 1 aromatic carbocycles. The van der Waals surface area contributed by atoms with Crippen molar-refractivity contribution in [1.29, 1.82) is 0 Å². The molecule has 1 unspecified atom stereocenters. The molecule has 24 heavy (non-hydrogen) atoms. The first-order valence-corrected chi connectivity index (χ1v) is 8.44. The van der Waals surface area contributed by atoms with Gasteiger partial charge in [0, 0.05) is 12.3 Å². The molecule has 2 heterocycles. The summed E-state index contributed by atoms with van der Waals surface area (Å²) in [6.45, 7) is 1.59. The summed E-state index contributed by atoms with van der Waals surface area (Å²) in [5, 5.41) is 19.0. The van der Waals surface area contributed by atoms with Crippen molar-refractivity contribution in [3.05, 3.63) is 64.6 Å². The van der Waals surface area contributed by atoms with E-state index in [0.29, 0.717) is 11.5 Å². The summed E-state index contributed by atoms with van der Waals surface area (Å²) in [7, 11) is -4.10. The zero-order chi connectivity index (χ0) is 17.3. The van der Waals surface area contributed by atoms with Crippen molar-refractivity contribution in [2.75, 3.05) is 0 Å². The first kappa shape index (κ1) is 16.0. The fourth-order valence-corrected chi connectivity index (χ4v) is 3.71. The van der Waals surface area contributed by atoms with Gasteiger partial charge in [-0.25, -0.2) is 13.1 Å². The van der Waals surface area contributed by atoms with Gasteiger partial charge in [-0.1, -0.05) is 18.2 Å². The Kier molecular flexibility index (Phi) is 3.99. The number of hydrogen-bond acceptors (Lipinski definition) is 6. The molecule has 124 valence electrons. The Balaban J connectivity index is 1.97. The molecule has 0 amide bonds.